The van der Waals surface area contributed by atoms with Gasteiger partial charge < -0.3 is 16.0 Å². The number of nitrogens with two attached hydrogens (primary N) is 1. The van der Waals surface area contributed by atoms with E-state index in [-0.39, 0.29) is 5.91 Å². The summed E-state index contributed by atoms with van der Waals surface area (Å²) in [6, 6.07) is -0.505. The lowest BCUT2D eigenvalue weighted by Crippen LogP contribution is -2.49. The Morgan fingerprint density at radius 3 is 2.71 bits per heavy atom. The number of rotatable bonds is 3. The number of halogens is 1. The molecule has 1 atom stereocenters. The number of nitrogens with zero attached hydrogens (tertiary/aromatic N) is 1. The number of primary amides is 1. The fraction of sp³-hybridized carbons (Fsp3) is 0.818. The van der Waals surface area contributed by atoms with E-state index in [1.54, 1.807) is 0 Å². The van der Waals surface area contributed by atoms with Crippen LogP contribution in [0.1, 0.15) is 26.7 Å². The fourth-order valence-corrected chi connectivity index (χ4v) is 2.29. The number of carbonyl (C=O) groups excluding carboxylic acids is 2. The van der Waals surface area contributed by atoms with Gasteiger partial charge in [0, 0.05) is 19.6 Å². The Labute approximate surface area is 110 Å². The Morgan fingerprint density at radius 2 is 2.18 bits per heavy atom. The van der Waals surface area contributed by atoms with Gasteiger partial charge in [0.05, 0.1) is 4.32 Å². The van der Waals surface area contributed by atoms with Crippen molar-refractivity contribution in [3.8, 4) is 0 Å². The SMILES string of the molecule is CC(C)(Br)C(=O)N1CCCC(CNC(N)=O)C1. The van der Waals surface area contributed by atoms with Crippen LogP contribution in [0.5, 0.6) is 0 Å². The second-order valence-electron chi connectivity index (χ2n) is 4.98. The van der Waals surface area contributed by atoms with Crippen LogP contribution in [0, 0.1) is 5.92 Å². The predicted molar refractivity (Wildman–Crippen MR) is 69.9 cm³/mol. The van der Waals surface area contributed by atoms with E-state index >= 15 is 0 Å². The highest BCUT2D eigenvalue weighted by Crippen LogP contribution is 2.23. The lowest BCUT2D eigenvalue weighted by atomic mass is 9.97. The number of piperidine rings is 1. The second-order valence-corrected chi connectivity index (χ2v) is 6.96. The standard InChI is InChI=1S/C11H20BrN3O2/c1-11(2,12)9(16)15-5-3-4-8(7-15)6-14-10(13)17/h8H,3-7H2,1-2H3,(H3,13,14,17). The summed E-state index contributed by atoms with van der Waals surface area (Å²) < 4.78 is -0.522. The molecule has 1 rings (SSSR count). The van der Waals surface area contributed by atoms with Crippen molar-refractivity contribution in [1.82, 2.24) is 10.2 Å². The van der Waals surface area contributed by atoms with E-state index in [2.05, 4.69) is 21.2 Å². The summed E-state index contributed by atoms with van der Waals surface area (Å²) in [7, 11) is 0. The summed E-state index contributed by atoms with van der Waals surface area (Å²) in [5.41, 5.74) is 5.04. The van der Waals surface area contributed by atoms with Crippen molar-refractivity contribution in [3.05, 3.63) is 0 Å². The summed E-state index contributed by atoms with van der Waals surface area (Å²) in [5.74, 6) is 0.399. The van der Waals surface area contributed by atoms with Gasteiger partial charge in [-0.05, 0) is 32.6 Å². The molecular formula is C11H20BrN3O2. The Hall–Kier alpha value is -0.780. The smallest absolute Gasteiger partial charge is 0.312 e. The Kier molecular flexibility index (Phi) is 4.80. The van der Waals surface area contributed by atoms with E-state index in [0.29, 0.717) is 19.0 Å². The Bertz CT molecular complexity index is 302. The van der Waals surface area contributed by atoms with Crippen LogP contribution in [0.25, 0.3) is 0 Å². The predicted octanol–water partition coefficient (Wildman–Crippen LogP) is 1.07. The molecule has 6 heteroatoms. The fourth-order valence-electron chi connectivity index (χ4n) is 2.04. The molecule has 1 aliphatic rings. The number of nitrogens with one attached hydrogen (secondary N) is 1. The van der Waals surface area contributed by atoms with Crippen LogP contribution >= 0.6 is 15.9 Å². The first kappa shape index (κ1) is 14.3. The molecule has 0 spiro atoms. The molecule has 0 radical (unpaired) electrons. The number of hydrogen-bond donors (Lipinski definition) is 2. The molecule has 0 aliphatic carbocycles. The maximum absolute atomic E-state index is 12.1. The maximum Gasteiger partial charge on any atom is 0.312 e. The van der Waals surface area contributed by atoms with Gasteiger partial charge >= 0.3 is 6.03 Å². The molecule has 1 aliphatic heterocycles. The van der Waals surface area contributed by atoms with Crippen molar-refractivity contribution in [3.63, 3.8) is 0 Å². The zero-order valence-corrected chi connectivity index (χ0v) is 11.9. The van der Waals surface area contributed by atoms with E-state index in [9.17, 15) is 9.59 Å². The number of hydrogen-bond acceptors (Lipinski definition) is 2. The molecule has 3 N–H and O–H groups in total. The number of amides is 3. The quantitative estimate of drug-likeness (QED) is 0.765. The van der Waals surface area contributed by atoms with Gasteiger partial charge in [-0.1, -0.05) is 15.9 Å². The molecule has 0 aromatic carbocycles. The van der Waals surface area contributed by atoms with Gasteiger partial charge in [-0.25, -0.2) is 4.79 Å². The van der Waals surface area contributed by atoms with E-state index in [4.69, 9.17) is 5.73 Å². The van der Waals surface area contributed by atoms with Crippen LogP contribution in [0.4, 0.5) is 4.79 Å². The lowest BCUT2D eigenvalue weighted by molar-refractivity contribution is -0.134. The van der Waals surface area contributed by atoms with E-state index < -0.39 is 10.4 Å². The van der Waals surface area contributed by atoms with Gasteiger partial charge in [-0.3, -0.25) is 4.79 Å². The van der Waals surface area contributed by atoms with Gasteiger partial charge in [0.15, 0.2) is 0 Å². The summed E-state index contributed by atoms with van der Waals surface area (Å²) in [5, 5.41) is 2.60. The molecule has 1 unspecified atom stereocenters. The van der Waals surface area contributed by atoms with Crippen molar-refractivity contribution < 1.29 is 9.59 Å². The number of carbonyl (C=O) groups is 2. The molecule has 1 heterocycles. The third-order valence-electron chi connectivity index (χ3n) is 2.88. The normalized spacial score (nSPS) is 21.1. The number of urea groups is 1. The molecule has 0 aromatic rings. The molecule has 1 fully saturated rings. The first-order valence-corrected chi connectivity index (χ1v) is 6.61. The maximum atomic E-state index is 12.1. The number of likely N-dealkylation sites (tertiary alicyclic amines) is 1. The van der Waals surface area contributed by atoms with E-state index in [1.807, 2.05) is 18.7 Å². The van der Waals surface area contributed by atoms with Gasteiger partial charge in [0.2, 0.25) is 5.91 Å². The van der Waals surface area contributed by atoms with Gasteiger partial charge in [-0.2, -0.15) is 0 Å². The third-order valence-corrected chi connectivity index (χ3v) is 3.22. The highest BCUT2D eigenvalue weighted by Gasteiger charge is 2.32. The highest BCUT2D eigenvalue weighted by atomic mass is 79.9. The molecule has 0 aromatic heterocycles. The van der Waals surface area contributed by atoms with Crippen molar-refractivity contribution in [2.24, 2.45) is 11.7 Å². The topological polar surface area (TPSA) is 75.4 Å². The molecule has 1 saturated heterocycles. The van der Waals surface area contributed by atoms with Gasteiger partial charge in [0.1, 0.15) is 0 Å². The molecule has 3 amide bonds. The van der Waals surface area contributed by atoms with Gasteiger partial charge in [0.25, 0.3) is 0 Å². The molecule has 0 saturated carbocycles. The van der Waals surface area contributed by atoms with Crippen molar-refractivity contribution in [2.75, 3.05) is 19.6 Å². The summed E-state index contributed by atoms with van der Waals surface area (Å²) in [4.78, 5) is 24.6. The largest absolute Gasteiger partial charge is 0.352 e. The molecule has 98 valence electrons. The lowest BCUT2D eigenvalue weighted by Gasteiger charge is -2.35. The third kappa shape index (κ3) is 4.53. The van der Waals surface area contributed by atoms with Crippen LogP contribution in [-0.2, 0) is 4.79 Å². The van der Waals surface area contributed by atoms with E-state index in [1.165, 1.54) is 0 Å². The van der Waals surface area contributed by atoms with Crippen LogP contribution in [0.15, 0.2) is 0 Å². The summed E-state index contributed by atoms with van der Waals surface area (Å²) in [6.07, 6.45) is 1.99. The van der Waals surface area contributed by atoms with Crippen LogP contribution in [0.2, 0.25) is 0 Å². The molecular weight excluding hydrogens is 286 g/mol. The van der Waals surface area contributed by atoms with Crippen LogP contribution in [-0.4, -0.2) is 40.8 Å². The first-order valence-electron chi connectivity index (χ1n) is 5.82. The van der Waals surface area contributed by atoms with Crippen molar-refractivity contribution in [1.29, 1.82) is 0 Å². The minimum Gasteiger partial charge on any atom is -0.352 e. The Balaban J connectivity index is 2.49. The minimum absolute atomic E-state index is 0.0984. The Morgan fingerprint density at radius 1 is 1.53 bits per heavy atom. The van der Waals surface area contributed by atoms with Crippen LogP contribution in [0.3, 0.4) is 0 Å². The average molecular weight is 306 g/mol. The average Bonchev–Trinajstić information content (AvgIpc) is 2.24. The molecule has 0 bridgehead atoms. The van der Waals surface area contributed by atoms with Crippen molar-refractivity contribution >= 4 is 27.9 Å². The zero-order chi connectivity index (χ0) is 13.1. The molecule has 5 nitrogen and oxygen atoms in total. The minimum atomic E-state index is -0.522. The van der Waals surface area contributed by atoms with E-state index in [0.717, 1.165) is 19.4 Å². The monoisotopic (exact) mass is 305 g/mol. The summed E-state index contributed by atoms with van der Waals surface area (Å²) >= 11 is 3.38. The first-order chi connectivity index (χ1) is 7.80. The van der Waals surface area contributed by atoms with Gasteiger partial charge in [-0.15, -0.1) is 0 Å². The second kappa shape index (κ2) is 5.71. The summed E-state index contributed by atoms with van der Waals surface area (Å²) in [6.45, 7) is 5.72. The number of alkyl halides is 1. The highest BCUT2D eigenvalue weighted by molar-refractivity contribution is 9.10. The zero-order valence-electron chi connectivity index (χ0n) is 10.3. The van der Waals surface area contributed by atoms with Crippen LogP contribution < -0.4 is 11.1 Å². The van der Waals surface area contributed by atoms with Crippen molar-refractivity contribution in [2.45, 2.75) is 31.0 Å². The molecule has 17 heavy (non-hydrogen) atoms.